The maximum absolute atomic E-state index is 11.7. The molecule has 2 unspecified atom stereocenters. The van der Waals surface area contributed by atoms with Crippen LogP contribution in [0.25, 0.3) is 0 Å². The fraction of sp³-hybridized carbons (Fsp3) is 0.571. The van der Waals surface area contributed by atoms with Gasteiger partial charge in [0.1, 0.15) is 0 Å². The molecule has 1 saturated heterocycles. The highest BCUT2D eigenvalue weighted by Gasteiger charge is 2.35. The van der Waals surface area contributed by atoms with Gasteiger partial charge in [0, 0.05) is 21.7 Å². The van der Waals surface area contributed by atoms with Crippen LogP contribution in [0.15, 0.2) is 18.2 Å². The van der Waals surface area contributed by atoms with Crippen molar-refractivity contribution in [3.63, 3.8) is 0 Å². The third kappa shape index (κ3) is 3.67. The molecule has 0 aromatic heterocycles. The molecule has 1 aliphatic rings. The molecule has 1 aliphatic heterocycles. The van der Waals surface area contributed by atoms with E-state index >= 15 is 0 Å². The monoisotopic (exact) mass is 335 g/mol. The van der Waals surface area contributed by atoms with E-state index in [2.05, 4.69) is 12.2 Å². The number of sulfone groups is 1. The fourth-order valence-electron chi connectivity index (χ4n) is 2.70. The lowest BCUT2D eigenvalue weighted by Gasteiger charge is -2.26. The van der Waals surface area contributed by atoms with Gasteiger partial charge in [0.05, 0.1) is 11.5 Å². The minimum Gasteiger partial charge on any atom is -0.310 e. The van der Waals surface area contributed by atoms with Gasteiger partial charge in [-0.2, -0.15) is 0 Å². The summed E-state index contributed by atoms with van der Waals surface area (Å²) in [6.45, 7) is 2.88. The lowest BCUT2D eigenvalue weighted by molar-refractivity contribution is 0.393. The van der Waals surface area contributed by atoms with E-state index in [-0.39, 0.29) is 23.5 Å². The topological polar surface area (TPSA) is 46.2 Å². The van der Waals surface area contributed by atoms with Crippen LogP contribution in [-0.2, 0) is 9.84 Å². The molecular formula is C14H19Cl2NO2S. The molecule has 1 aromatic rings. The fourth-order valence-corrected chi connectivity index (χ4v) is 5.17. The van der Waals surface area contributed by atoms with E-state index in [1.165, 1.54) is 0 Å². The van der Waals surface area contributed by atoms with Crippen LogP contribution in [0.5, 0.6) is 0 Å². The number of hydrogen-bond donors (Lipinski definition) is 1. The van der Waals surface area contributed by atoms with E-state index in [0.29, 0.717) is 16.5 Å². The van der Waals surface area contributed by atoms with Crippen LogP contribution < -0.4 is 5.32 Å². The summed E-state index contributed by atoms with van der Waals surface area (Å²) >= 11 is 12.6. The molecule has 112 valence electrons. The second kappa shape index (κ2) is 6.65. The maximum Gasteiger partial charge on any atom is 0.150 e. The Balaban J connectivity index is 2.33. The molecule has 1 aromatic carbocycles. The van der Waals surface area contributed by atoms with Crippen molar-refractivity contribution in [1.29, 1.82) is 0 Å². The van der Waals surface area contributed by atoms with Crippen molar-refractivity contribution in [2.24, 2.45) is 5.92 Å². The summed E-state index contributed by atoms with van der Waals surface area (Å²) in [6, 6.07) is 5.30. The SMILES string of the molecule is CCCNC(c1c(Cl)cccc1Cl)C1CCS(=O)(=O)C1. The summed E-state index contributed by atoms with van der Waals surface area (Å²) in [5.41, 5.74) is 0.825. The van der Waals surface area contributed by atoms with Crippen LogP contribution in [0.1, 0.15) is 31.4 Å². The zero-order valence-electron chi connectivity index (χ0n) is 11.4. The molecule has 20 heavy (non-hydrogen) atoms. The average Bonchev–Trinajstić information content (AvgIpc) is 2.73. The number of rotatable bonds is 5. The first-order chi connectivity index (χ1) is 9.44. The third-order valence-corrected chi connectivity index (χ3v) is 6.12. The van der Waals surface area contributed by atoms with E-state index in [1.807, 2.05) is 0 Å². The van der Waals surface area contributed by atoms with Gasteiger partial charge in [0.2, 0.25) is 0 Å². The first kappa shape index (κ1) is 16.1. The van der Waals surface area contributed by atoms with Crippen LogP contribution in [0, 0.1) is 5.92 Å². The van der Waals surface area contributed by atoms with Gasteiger partial charge < -0.3 is 5.32 Å². The highest BCUT2D eigenvalue weighted by molar-refractivity contribution is 7.91. The van der Waals surface area contributed by atoms with Gasteiger partial charge in [-0.3, -0.25) is 0 Å². The molecular weight excluding hydrogens is 317 g/mol. The van der Waals surface area contributed by atoms with Crippen molar-refractivity contribution in [3.05, 3.63) is 33.8 Å². The number of benzene rings is 1. The Bertz CT molecular complexity index is 554. The Morgan fingerprint density at radius 2 is 2.00 bits per heavy atom. The summed E-state index contributed by atoms with van der Waals surface area (Å²) in [5, 5.41) is 4.60. The van der Waals surface area contributed by atoms with E-state index in [4.69, 9.17) is 23.2 Å². The average molecular weight is 336 g/mol. The van der Waals surface area contributed by atoms with Crippen LogP contribution in [-0.4, -0.2) is 26.5 Å². The third-order valence-electron chi connectivity index (χ3n) is 3.66. The first-order valence-electron chi connectivity index (χ1n) is 6.82. The van der Waals surface area contributed by atoms with Crippen molar-refractivity contribution in [2.75, 3.05) is 18.1 Å². The lowest BCUT2D eigenvalue weighted by atomic mass is 9.92. The van der Waals surface area contributed by atoms with E-state index in [0.717, 1.165) is 18.5 Å². The Morgan fingerprint density at radius 3 is 2.50 bits per heavy atom. The van der Waals surface area contributed by atoms with E-state index in [1.54, 1.807) is 18.2 Å². The van der Waals surface area contributed by atoms with Gasteiger partial charge in [-0.05, 0) is 37.4 Å². The van der Waals surface area contributed by atoms with Crippen molar-refractivity contribution in [1.82, 2.24) is 5.32 Å². The zero-order chi connectivity index (χ0) is 14.8. The summed E-state index contributed by atoms with van der Waals surface area (Å²) in [5.74, 6) is 0.490. The lowest BCUT2D eigenvalue weighted by Crippen LogP contribution is -2.30. The first-order valence-corrected chi connectivity index (χ1v) is 9.40. The van der Waals surface area contributed by atoms with E-state index < -0.39 is 9.84 Å². The molecule has 3 nitrogen and oxygen atoms in total. The van der Waals surface area contributed by atoms with Gasteiger partial charge in [-0.15, -0.1) is 0 Å². The Hall–Kier alpha value is -0.290. The van der Waals surface area contributed by atoms with Crippen molar-refractivity contribution in [2.45, 2.75) is 25.8 Å². The van der Waals surface area contributed by atoms with Crippen molar-refractivity contribution < 1.29 is 8.42 Å². The molecule has 0 amide bonds. The molecule has 0 saturated carbocycles. The normalized spacial score (nSPS) is 22.9. The van der Waals surface area contributed by atoms with Crippen molar-refractivity contribution in [3.8, 4) is 0 Å². The van der Waals surface area contributed by atoms with Gasteiger partial charge in [-0.25, -0.2) is 8.42 Å². The number of hydrogen-bond acceptors (Lipinski definition) is 3. The summed E-state index contributed by atoms with van der Waals surface area (Å²) in [7, 11) is -2.93. The molecule has 0 aliphatic carbocycles. The van der Waals surface area contributed by atoms with Gasteiger partial charge in [0.25, 0.3) is 0 Å². The van der Waals surface area contributed by atoms with Crippen molar-refractivity contribution >= 4 is 33.0 Å². The molecule has 1 fully saturated rings. The predicted molar refractivity (Wildman–Crippen MR) is 84.3 cm³/mol. The van der Waals surface area contributed by atoms with Crippen LogP contribution >= 0.6 is 23.2 Å². The van der Waals surface area contributed by atoms with E-state index in [9.17, 15) is 8.42 Å². The maximum atomic E-state index is 11.7. The summed E-state index contributed by atoms with van der Waals surface area (Å²) in [4.78, 5) is 0. The molecule has 0 spiro atoms. The predicted octanol–water partition coefficient (Wildman–Crippen LogP) is 3.47. The largest absolute Gasteiger partial charge is 0.310 e. The Kier molecular flexibility index (Phi) is 5.35. The molecule has 1 N–H and O–H groups in total. The quantitative estimate of drug-likeness (QED) is 0.896. The zero-order valence-corrected chi connectivity index (χ0v) is 13.7. The molecule has 2 atom stereocenters. The molecule has 0 radical (unpaired) electrons. The number of nitrogens with one attached hydrogen (secondary N) is 1. The Labute approximate surface area is 130 Å². The summed E-state index contributed by atoms with van der Waals surface area (Å²) < 4.78 is 23.5. The molecule has 1 heterocycles. The standard InChI is InChI=1S/C14H19Cl2NO2S/c1-2-7-17-14(10-6-8-20(18,19)9-10)13-11(15)4-3-5-12(13)16/h3-5,10,14,17H,2,6-9H2,1H3. The minimum atomic E-state index is -2.93. The highest BCUT2D eigenvalue weighted by atomic mass is 35.5. The molecule has 2 rings (SSSR count). The van der Waals surface area contributed by atoms with Crippen LogP contribution in [0.4, 0.5) is 0 Å². The van der Waals surface area contributed by atoms with Crippen LogP contribution in [0.2, 0.25) is 10.0 Å². The minimum absolute atomic E-state index is 0.0314. The van der Waals surface area contributed by atoms with Gasteiger partial charge >= 0.3 is 0 Å². The second-order valence-electron chi connectivity index (χ2n) is 5.23. The smallest absolute Gasteiger partial charge is 0.150 e. The van der Waals surface area contributed by atoms with Crippen LogP contribution in [0.3, 0.4) is 0 Å². The molecule has 0 bridgehead atoms. The highest BCUT2D eigenvalue weighted by Crippen LogP contribution is 2.38. The second-order valence-corrected chi connectivity index (χ2v) is 8.27. The van der Waals surface area contributed by atoms with Gasteiger partial charge in [-0.1, -0.05) is 36.2 Å². The Morgan fingerprint density at radius 1 is 1.35 bits per heavy atom. The van der Waals surface area contributed by atoms with Gasteiger partial charge in [0.15, 0.2) is 9.84 Å². The number of halogens is 2. The summed E-state index contributed by atoms with van der Waals surface area (Å²) in [6.07, 6.45) is 1.63. The molecule has 6 heteroatoms.